The molecular weight excluding hydrogens is 473 g/mol. The van der Waals surface area contributed by atoms with E-state index in [4.69, 9.17) is 16.3 Å². The summed E-state index contributed by atoms with van der Waals surface area (Å²) in [5.41, 5.74) is -0.514. The fourth-order valence-corrected chi connectivity index (χ4v) is 4.85. The van der Waals surface area contributed by atoms with Crippen LogP contribution < -0.4 is 5.32 Å². The lowest BCUT2D eigenvalue weighted by Crippen LogP contribution is -2.60. The molecule has 2 aromatic rings. The van der Waals surface area contributed by atoms with Gasteiger partial charge in [0.1, 0.15) is 17.6 Å². The molecular formula is C26H29ClFN3O4. The van der Waals surface area contributed by atoms with Gasteiger partial charge in [-0.3, -0.25) is 19.3 Å². The third kappa shape index (κ3) is 5.04. The first-order chi connectivity index (χ1) is 16.8. The number of hydrogen-bond acceptors (Lipinski definition) is 4. The number of amides is 3. The molecule has 2 aliphatic heterocycles. The van der Waals surface area contributed by atoms with Crippen molar-refractivity contribution in [1.29, 1.82) is 0 Å². The Kier molecular flexibility index (Phi) is 7.42. The molecule has 2 fully saturated rings. The van der Waals surface area contributed by atoms with Crippen LogP contribution in [0, 0.1) is 5.82 Å². The summed E-state index contributed by atoms with van der Waals surface area (Å²) in [6.07, 6.45) is 1.37. The lowest BCUT2D eigenvalue weighted by atomic mass is 9.96. The van der Waals surface area contributed by atoms with E-state index in [-0.39, 0.29) is 30.0 Å². The molecule has 2 aliphatic rings. The number of nitrogens with zero attached hydrogens (tertiary/aromatic N) is 2. The summed E-state index contributed by atoms with van der Waals surface area (Å²) in [4.78, 5) is 42.9. The number of piperidine rings is 1. The predicted octanol–water partition coefficient (Wildman–Crippen LogP) is 3.87. The third-order valence-corrected chi connectivity index (χ3v) is 7.12. The Balaban J connectivity index is 1.59. The van der Waals surface area contributed by atoms with E-state index >= 15 is 0 Å². The summed E-state index contributed by atoms with van der Waals surface area (Å²) in [5, 5.41) is 3.30. The first kappa shape index (κ1) is 25.1. The number of carbonyl (C=O) groups excluding carboxylic acids is 3. The van der Waals surface area contributed by atoms with Crippen molar-refractivity contribution in [3.63, 3.8) is 0 Å². The minimum atomic E-state index is -1.07. The molecule has 0 radical (unpaired) electrons. The number of halogens is 2. The Labute approximate surface area is 209 Å². The molecule has 2 aromatic carbocycles. The highest BCUT2D eigenvalue weighted by Crippen LogP contribution is 2.39. The Hall–Kier alpha value is -2.97. The maximum atomic E-state index is 13.9. The Morgan fingerprint density at radius 1 is 1.14 bits per heavy atom. The molecule has 7 nitrogen and oxygen atoms in total. The molecule has 0 aromatic heterocycles. The molecule has 0 aliphatic carbocycles. The number of carbonyl (C=O) groups is 3. The van der Waals surface area contributed by atoms with Gasteiger partial charge in [0, 0.05) is 37.5 Å². The molecule has 1 spiro atoms. The summed E-state index contributed by atoms with van der Waals surface area (Å²) in [6, 6.07) is 11.3. The van der Waals surface area contributed by atoms with Crippen LogP contribution in [0.25, 0.3) is 0 Å². The van der Waals surface area contributed by atoms with Crippen molar-refractivity contribution in [2.75, 3.05) is 19.7 Å². The minimum absolute atomic E-state index is 0.0295. The van der Waals surface area contributed by atoms with Crippen LogP contribution in [-0.4, -0.2) is 65.0 Å². The second kappa shape index (κ2) is 10.3. The van der Waals surface area contributed by atoms with Gasteiger partial charge in [-0.2, -0.15) is 0 Å². The second-order valence-electron chi connectivity index (χ2n) is 9.05. The fourth-order valence-electron chi connectivity index (χ4n) is 4.63. The van der Waals surface area contributed by atoms with Gasteiger partial charge < -0.3 is 15.0 Å². The number of likely N-dealkylation sites (tertiary alicyclic amines) is 1. The monoisotopic (exact) mass is 501 g/mol. The van der Waals surface area contributed by atoms with Crippen molar-refractivity contribution >= 4 is 29.3 Å². The second-order valence-corrected chi connectivity index (χ2v) is 9.46. The van der Waals surface area contributed by atoms with Crippen molar-refractivity contribution in [2.45, 2.75) is 50.9 Å². The topological polar surface area (TPSA) is 79.0 Å². The normalized spacial score (nSPS) is 20.1. The van der Waals surface area contributed by atoms with Crippen LogP contribution in [0.1, 0.15) is 53.8 Å². The molecule has 186 valence electrons. The number of hydrogen-bond donors (Lipinski definition) is 1. The maximum absolute atomic E-state index is 13.9. The molecule has 35 heavy (non-hydrogen) atoms. The van der Waals surface area contributed by atoms with Gasteiger partial charge in [-0.1, -0.05) is 36.7 Å². The zero-order chi connectivity index (χ0) is 25.2. The summed E-state index contributed by atoms with van der Waals surface area (Å²) in [5.74, 6) is -1.52. The standard InChI is InChI=1S/C26H29ClFN3O4/c1-3-17(2)29-23(32)22-16-35-26(31(22)24(33)18-7-6-8-19(28)15-18)11-13-30(14-12-26)25(34)20-9-4-5-10-21(20)27/h4-10,15,17,22H,3,11-14,16H2,1-2H3,(H,29,32). The Bertz CT molecular complexity index is 1120. The van der Waals surface area contributed by atoms with Crippen molar-refractivity contribution < 1.29 is 23.5 Å². The van der Waals surface area contributed by atoms with Crippen LogP contribution in [0.15, 0.2) is 48.5 Å². The number of nitrogens with one attached hydrogen (secondary N) is 1. The van der Waals surface area contributed by atoms with Gasteiger partial charge in [0.15, 0.2) is 0 Å². The maximum Gasteiger partial charge on any atom is 0.256 e. The molecule has 2 saturated heterocycles. The molecule has 4 rings (SSSR count). The average molecular weight is 502 g/mol. The third-order valence-electron chi connectivity index (χ3n) is 6.79. The molecule has 0 bridgehead atoms. The zero-order valence-electron chi connectivity index (χ0n) is 19.8. The minimum Gasteiger partial charge on any atom is -0.353 e. The Morgan fingerprint density at radius 3 is 2.51 bits per heavy atom. The van der Waals surface area contributed by atoms with Gasteiger partial charge in [0.25, 0.3) is 11.8 Å². The summed E-state index contributed by atoms with van der Waals surface area (Å²) in [6.45, 7) is 4.51. The summed E-state index contributed by atoms with van der Waals surface area (Å²) < 4.78 is 20.1. The number of rotatable bonds is 5. The van der Waals surface area contributed by atoms with Gasteiger partial charge in [0.2, 0.25) is 5.91 Å². The van der Waals surface area contributed by atoms with E-state index in [0.29, 0.717) is 36.5 Å². The van der Waals surface area contributed by atoms with Crippen LogP contribution >= 0.6 is 11.6 Å². The summed E-state index contributed by atoms with van der Waals surface area (Å²) >= 11 is 6.21. The lowest BCUT2D eigenvalue weighted by molar-refractivity contribution is -0.128. The highest BCUT2D eigenvalue weighted by molar-refractivity contribution is 6.33. The van der Waals surface area contributed by atoms with Crippen LogP contribution in [-0.2, 0) is 9.53 Å². The van der Waals surface area contributed by atoms with Crippen molar-refractivity contribution in [2.24, 2.45) is 0 Å². The van der Waals surface area contributed by atoms with Crippen molar-refractivity contribution in [3.8, 4) is 0 Å². The molecule has 2 atom stereocenters. The van der Waals surface area contributed by atoms with E-state index < -0.39 is 23.5 Å². The van der Waals surface area contributed by atoms with Gasteiger partial charge in [-0.25, -0.2) is 4.39 Å². The molecule has 2 heterocycles. The van der Waals surface area contributed by atoms with Gasteiger partial charge in [-0.15, -0.1) is 0 Å². The number of ether oxygens (including phenoxy) is 1. The highest BCUT2D eigenvalue weighted by Gasteiger charge is 2.54. The smallest absolute Gasteiger partial charge is 0.256 e. The number of benzene rings is 2. The van der Waals surface area contributed by atoms with E-state index in [1.807, 2.05) is 13.8 Å². The van der Waals surface area contributed by atoms with Gasteiger partial charge in [0.05, 0.1) is 17.2 Å². The first-order valence-electron chi connectivity index (χ1n) is 11.8. The predicted molar refractivity (Wildman–Crippen MR) is 130 cm³/mol. The lowest BCUT2D eigenvalue weighted by Gasteiger charge is -2.44. The van der Waals surface area contributed by atoms with E-state index in [1.165, 1.54) is 23.1 Å². The van der Waals surface area contributed by atoms with E-state index in [2.05, 4.69) is 5.32 Å². The molecule has 2 unspecified atom stereocenters. The molecule has 0 saturated carbocycles. The van der Waals surface area contributed by atoms with Gasteiger partial charge in [-0.05, 0) is 43.7 Å². The van der Waals surface area contributed by atoms with Gasteiger partial charge >= 0.3 is 0 Å². The molecule has 1 N–H and O–H groups in total. The summed E-state index contributed by atoms with van der Waals surface area (Å²) in [7, 11) is 0. The first-order valence-corrected chi connectivity index (χ1v) is 12.2. The SMILES string of the molecule is CCC(C)NC(=O)C1COC2(CCN(C(=O)c3ccccc3Cl)CC2)N1C(=O)c1cccc(F)c1. The highest BCUT2D eigenvalue weighted by atomic mass is 35.5. The van der Waals surface area contributed by atoms with E-state index in [0.717, 1.165) is 12.5 Å². The quantitative estimate of drug-likeness (QED) is 0.674. The Morgan fingerprint density at radius 2 is 1.86 bits per heavy atom. The van der Waals surface area contributed by atoms with Crippen LogP contribution in [0.4, 0.5) is 4.39 Å². The molecule has 9 heteroatoms. The van der Waals surface area contributed by atoms with Crippen LogP contribution in [0.2, 0.25) is 5.02 Å². The molecule has 3 amide bonds. The van der Waals surface area contributed by atoms with Crippen LogP contribution in [0.3, 0.4) is 0 Å². The largest absolute Gasteiger partial charge is 0.353 e. The average Bonchev–Trinajstić information content (AvgIpc) is 3.22. The fraction of sp³-hybridized carbons (Fsp3) is 0.423. The zero-order valence-corrected chi connectivity index (χ0v) is 20.6. The van der Waals surface area contributed by atoms with Crippen molar-refractivity contribution in [1.82, 2.24) is 15.1 Å². The van der Waals surface area contributed by atoms with E-state index in [1.54, 1.807) is 29.2 Å². The van der Waals surface area contributed by atoms with E-state index in [9.17, 15) is 18.8 Å². The van der Waals surface area contributed by atoms with Crippen LogP contribution in [0.5, 0.6) is 0 Å². The van der Waals surface area contributed by atoms with Crippen molar-refractivity contribution in [3.05, 3.63) is 70.5 Å².